The maximum absolute atomic E-state index is 16.8. The van der Waals surface area contributed by atoms with E-state index in [-0.39, 0.29) is 69.8 Å². The van der Waals surface area contributed by atoms with Crippen LogP contribution in [0.4, 0.5) is 29.1 Å². The monoisotopic (exact) mass is 663 g/mol. The fourth-order valence-corrected chi connectivity index (χ4v) is 8.35. The SMILES string of the molecule is Cc1c(Cl)c(N)cc(-c2nc3c4c(nc(OC[C@@H]5CC[C@H]6COCCN65)nc4c2F)N2C[C@H]4CC[C@H](N4)C2[C@H](C)O3)c1C(F)(F)F. The van der Waals surface area contributed by atoms with Gasteiger partial charge in [-0.05, 0) is 51.2 Å². The van der Waals surface area contributed by atoms with Gasteiger partial charge in [-0.15, -0.1) is 0 Å². The third-order valence-electron chi connectivity index (χ3n) is 10.3. The molecule has 246 valence electrons. The number of morpholine rings is 1. The van der Waals surface area contributed by atoms with Crippen LogP contribution in [0.1, 0.15) is 43.7 Å². The number of hydrogen-bond donors (Lipinski definition) is 2. The molecule has 7 heterocycles. The first-order valence-corrected chi connectivity index (χ1v) is 16.1. The number of halogens is 5. The van der Waals surface area contributed by atoms with Gasteiger partial charge in [-0.25, -0.2) is 9.37 Å². The highest BCUT2D eigenvalue weighted by Gasteiger charge is 2.47. The number of piperazine rings is 1. The first kappa shape index (κ1) is 30.2. The van der Waals surface area contributed by atoms with Crippen LogP contribution in [0.15, 0.2) is 6.07 Å². The predicted molar refractivity (Wildman–Crippen MR) is 163 cm³/mol. The molecular weight excluding hydrogens is 630 g/mol. The van der Waals surface area contributed by atoms with Crippen molar-refractivity contribution >= 4 is 34.0 Å². The van der Waals surface area contributed by atoms with E-state index in [0.717, 1.165) is 38.3 Å². The molecule has 1 aromatic carbocycles. The Morgan fingerprint density at radius 2 is 2.00 bits per heavy atom. The second kappa shape index (κ2) is 10.9. The highest BCUT2D eigenvalue weighted by atomic mass is 35.5. The van der Waals surface area contributed by atoms with Gasteiger partial charge < -0.3 is 30.2 Å². The Labute approximate surface area is 267 Å². The standard InChI is InChI=1S/C31H34ClF4N7O3/c1-13-22(31(34,35)36)18(9-19(37)23(13)32)25-24(33)26-21-28(41-30(40-26)45-12-17-5-4-16-11-44-8-7-42(16)17)43-10-15-3-6-20(38-15)27(43)14(2)46-29(21)39-25/h9,14-17,20,27,38H,3-8,10-12,37H2,1-2H3/t14-,15+,16-,17-,20-,27?/m0/s1. The van der Waals surface area contributed by atoms with Gasteiger partial charge in [-0.2, -0.15) is 23.1 Å². The summed E-state index contributed by atoms with van der Waals surface area (Å²) in [5, 5.41) is 3.59. The zero-order chi connectivity index (χ0) is 32.1. The third-order valence-corrected chi connectivity index (χ3v) is 10.8. The molecule has 8 rings (SSSR count). The highest BCUT2D eigenvalue weighted by Crippen LogP contribution is 2.48. The van der Waals surface area contributed by atoms with E-state index in [4.69, 9.17) is 36.5 Å². The van der Waals surface area contributed by atoms with Crippen LogP contribution >= 0.6 is 11.6 Å². The molecule has 4 saturated heterocycles. The summed E-state index contributed by atoms with van der Waals surface area (Å²) in [5.74, 6) is -0.697. The van der Waals surface area contributed by atoms with Gasteiger partial charge in [-0.3, -0.25) is 4.90 Å². The lowest BCUT2D eigenvalue weighted by Crippen LogP contribution is -2.62. The average Bonchev–Trinajstić information content (AvgIpc) is 3.58. The quantitative estimate of drug-likeness (QED) is 0.300. The minimum Gasteiger partial charge on any atom is -0.472 e. The number of nitrogen functional groups attached to an aromatic ring is 1. The number of rotatable bonds is 4. The summed E-state index contributed by atoms with van der Waals surface area (Å²) in [7, 11) is 0. The zero-order valence-corrected chi connectivity index (χ0v) is 26.1. The van der Waals surface area contributed by atoms with Crippen molar-refractivity contribution in [3.05, 3.63) is 28.0 Å². The van der Waals surface area contributed by atoms with E-state index in [1.54, 1.807) is 0 Å². The lowest BCUT2D eigenvalue weighted by atomic mass is 9.96. The summed E-state index contributed by atoms with van der Waals surface area (Å²) in [6.07, 6.45) is -1.55. The molecule has 0 amide bonds. The minimum atomic E-state index is -4.88. The van der Waals surface area contributed by atoms with Crippen molar-refractivity contribution in [1.82, 2.24) is 25.2 Å². The van der Waals surface area contributed by atoms with Crippen molar-refractivity contribution < 1.29 is 31.8 Å². The topological polar surface area (TPSA) is 111 Å². The molecule has 3 N–H and O–H groups in total. The number of nitrogens with one attached hydrogen (secondary N) is 1. The first-order chi connectivity index (χ1) is 22.0. The molecule has 2 aromatic heterocycles. The van der Waals surface area contributed by atoms with Crippen LogP contribution < -0.4 is 25.4 Å². The fraction of sp³-hybridized carbons (Fsp3) is 0.581. The van der Waals surface area contributed by atoms with Gasteiger partial charge in [-0.1, -0.05) is 11.6 Å². The molecule has 5 aliphatic heterocycles. The summed E-state index contributed by atoms with van der Waals surface area (Å²) in [5.41, 5.74) is 3.07. The molecule has 4 fully saturated rings. The van der Waals surface area contributed by atoms with Gasteiger partial charge >= 0.3 is 12.2 Å². The summed E-state index contributed by atoms with van der Waals surface area (Å²) in [4.78, 5) is 18.2. The predicted octanol–water partition coefficient (Wildman–Crippen LogP) is 4.73. The Balaban J connectivity index is 1.30. The van der Waals surface area contributed by atoms with Crippen molar-refractivity contribution in [2.75, 3.05) is 43.5 Å². The maximum atomic E-state index is 16.8. The molecule has 5 aliphatic rings. The Bertz CT molecular complexity index is 1730. The van der Waals surface area contributed by atoms with Crippen LogP contribution in [0.2, 0.25) is 5.02 Å². The van der Waals surface area contributed by atoms with E-state index in [2.05, 4.69) is 25.1 Å². The van der Waals surface area contributed by atoms with Crippen molar-refractivity contribution in [2.45, 2.75) is 82.0 Å². The lowest BCUT2D eigenvalue weighted by Gasteiger charge is -2.42. The number of benzene rings is 1. The number of ether oxygens (including phenoxy) is 3. The van der Waals surface area contributed by atoms with Crippen LogP contribution in [0.3, 0.4) is 0 Å². The van der Waals surface area contributed by atoms with Gasteiger partial charge in [0, 0.05) is 42.8 Å². The van der Waals surface area contributed by atoms with E-state index < -0.39 is 34.9 Å². The van der Waals surface area contributed by atoms with Crippen LogP contribution in [0.25, 0.3) is 22.2 Å². The van der Waals surface area contributed by atoms with E-state index in [9.17, 15) is 13.2 Å². The van der Waals surface area contributed by atoms with Gasteiger partial charge in [0.2, 0.25) is 5.88 Å². The van der Waals surface area contributed by atoms with Crippen LogP contribution in [0, 0.1) is 12.7 Å². The molecule has 0 spiro atoms. The molecule has 3 aromatic rings. The number of alkyl halides is 3. The molecule has 2 bridgehead atoms. The Morgan fingerprint density at radius 3 is 2.80 bits per heavy atom. The maximum Gasteiger partial charge on any atom is 0.417 e. The van der Waals surface area contributed by atoms with Crippen LogP contribution in [0.5, 0.6) is 11.9 Å². The van der Waals surface area contributed by atoms with Gasteiger partial charge in [0.15, 0.2) is 5.82 Å². The van der Waals surface area contributed by atoms with Crippen LogP contribution in [-0.4, -0.2) is 89.1 Å². The first-order valence-electron chi connectivity index (χ1n) is 15.7. The van der Waals surface area contributed by atoms with E-state index in [1.807, 2.05) is 6.92 Å². The molecule has 0 radical (unpaired) electrons. The lowest BCUT2D eigenvalue weighted by molar-refractivity contribution is -0.137. The number of nitrogens with zero attached hydrogens (tertiary/aromatic N) is 5. The zero-order valence-electron chi connectivity index (χ0n) is 25.3. The van der Waals surface area contributed by atoms with Gasteiger partial charge in [0.25, 0.3) is 0 Å². The summed E-state index contributed by atoms with van der Waals surface area (Å²) in [6, 6.07) is 1.49. The number of aromatic nitrogens is 3. The van der Waals surface area contributed by atoms with Crippen molar-refractivity contribution in [3.63, 3.8) is 0 Å². The Kier molecular flexibility index (Phi) is 7.16. The second-order valence-corrected chi connectivity index (χ2v) is 13.4. The summed E-state index contributed by atoms with van der Waals surface area (Å²) >= 11 is 6.14. The molecule has 1 unspecified atom stereocenters. The molecule has 6 atom stereocenters. The number of anilines is 2. The third kappa shape index (κ3) is 4.74. The van der Waals surface area contributed by atoms with Crippen LogP contribution in [-0.2, 0) is 10.9 Å². The molecule has 15 heteroatoms. The smallest absolute Gasteiger partial charge is 0.417 e. The normalized spacial score (nSPS) is 29.0. The average molecular weight is 664 g/mol. The molecule has 0 saturated carbocycles. The van der Waals surface area contributed by atoms with Gasteiger partial charge in [0.1, 0.15) is 35.1 Å². The molecule has 0 aliphatic carbocycles. The second-order valence-electron chi connectivity index (χ2n) is 13.0. The molecule has 46 heavy (non-hydrogen) atoms. The van der Waals surface area contributed by atoms with E-state index in [0.29, 0.717) is 31.6 Å². The largest absolute Gasteiger partial charge is 0.472 e. The van der Waals surface area contributed by atoms with E-state index >= 15 is 4.39 Å². The Morgan fingerprint density at radius 1 is 1.17 bits per heavy atom. The van der Waals surface area contributed by atoms with E-state index in [1.165, 1.54) is 6.92 Å². The highest BCUT2D eigenvalue weighted by molar-refractivity contribution is 6.34. The number of hydrogen-bond acceptors (Lipinski definition) is 10. The summed E-state index contributed by atoms with van der Waals surface area (Å²) in [6.45, 7) is 6.07. The van der Waals surface area contributed by atoms with Crippen molar-refractivity contribution in [1.29, 1.82) is 0 Å². The van der Waals surface area contributed by atoms with Gasteiger partial charge in [0.05, 0.1) is 35.5 Å². The number of fused-ring (bicyclic) bond motifs is 6. The summed E-state index contributed by atoms with van der Waals surface area (Å²) < 4.78 is 78.5. The minimum absolute atomic E-state index is 0.0445. The van der Waals surface area contributed by atoms with Crippen molar-refractivity contribution in [3.8, 4) is 23.1 Å². The molecular formula is C31H34ClF4N7O3. The van der Waals surface area contributed by atoms with Crippen molar-refractivity contribution in [2.24, 2.45) is 0 Å². The number of nitrogens with two attached hydrogens (primary N) is 1. The Hall–Kier alpha value is -3.20. The number of pyridine rings is 1. The molecule has 10 nitrogen and oxygen atoms in total. The fourth-order valence-electron chi connectivity index (χ4n) is 8.20.